The Kier molecular flexibility index (Phi) is 6.39. The van der Waals surface area contributed by atoms with Crippen molar-refractivity contribution >= 4 is 75.0 Å². The van der Waals surface area contributed by atoms with Crippen molar-refractivity contribution in [2.45, 2.75) is 0 Å². The first kappa shape index (κ1) is 29.1. The molecule has 8 aromatic carbocycles. The zero-order valence-corrected chi connectivity index (χ0v) is 28.6. The Labute approximate surface area is 302 Å². The topological polar surface area (TPSA) is 51.8 Å². The van der Waals surface area contributed by atoms with Crippen LogP contribution >= 0.6 is 11.3 Å². The first-order valence-corrected chi connectivity index (χ1v) is 18.2. The van der Waals surface area contributed by atoms with E-state index in [1.807, 2.05) is 30.3 Å². The summed E-state index contributed by atoms with van der Waals surface area (Å²) in [6.07, 6.45) is 0. The molecule has 0 radical (unpaired) electrons. The van der Waals surface area contributed by atoms with Gasteiger partial charge in [-0.15, -0.1) is 11.3 Å². The van der Waals surface area contributed by atoms with Crippen LogP contribution in [0.4, 0.5) is 0 Å². The molecule has 0 saturated carbocycles. The average molecular weight is 682 g/mol. The fourth-order valence-corrected chi connectivity index (χ4v) is 8.90. The van der Waals surface area contributed by atoms with Crippen LogP contribution in [-0.4, -0.2) is 15.0 Å². The van der Waals surface area contributed by atoms with Crippen molar-refractivity contribution in [2.24, 2.45) is 0 Å². The smallest absolute Gasteiger partial charge is 0.164 e. The van der Waals surface area contributed by atoms with Gasteiger partial charge in [0.1, 0.15) is 11.2 Å². The van der Waals surface area contributed by atoms with Gasteiger partial charge < -0.3 is 4.42 Å². The highest BCUT2D eigenvalue weighted by molar-refractivity contribution is 7.25. The Morgan fingerprint density at radius 1 is 0.346 bits per heavy atom. The number of furan rings is 1. The van der Waals surface area contributed by atoms with Crippen molar-refractivity contribution in [1.82, 2.24) is 15.0 Å². The fourth-order valence-electron chi connectivity index (χ4n) is 7.77. The second-order valence-electron chi connectivity index (χ2n) is 13.1. The Balaban J connectivity index is 1.13. The van der Waals surface area contributed by atoms with Gasteiger partial charge in [-0.3, -0.25) is 0 Å². The standard InChI is InChI=1S/C47H27N3OS/c1-2-12-32-28(10-1)22-25-30-11-7-15-33(42(30)32)29-23-26-31(27-24-29)45-48-46(36-16-8-19-39-43(36)34-13-3-5-18-38(34)51-39)50-47(49-45)37-17-9-21-41-44(37)35-14-4-6-20-40(35)52-41/h1-27H. The molecule has 11 aromatic rings. The first-order valence-electron chi connectivity index (χ1n) is 17.4. The molecule has 242 valence electrons. The second-order valence-corrected chi connectivity index (χ2v) is 14.2. The van der Waals surface area contributed by atoms with Crippen LogP contribution in [0.15, 0.2) is 168 Å². The number of benzene rings is 8. The molecule has 0 aliphatic heterocycles. The third-order valence-corrected chi connectivity index (χ3v) is 11.3. The van der Waals surface area contributed by atoms with Gasteiger partial charge in [0, 0.05) is 47.6 Å². The Morgan fingerprint density at radius 3 is 1.79 bits per heavy atom. The van der Waals surface area contributed by atoms with E-state index in [9.17, 15) is 0 Å². The molecule has 0 bridgehead atoms. The summed E-state index contributed by atoms with van der Waals surface area (Å²) in [5, 5.41) is 9.37. The minimum atomic E-state index is 0.610. The van der Waals surface area contributed by atoms with E-state index in [-0.39, 0.29) is 0 Å². The molecule has 0 unspecified atom stereocenters. The third-order valence-electron chi connectivity index (χ3n) is 10.1. The van der Waals surface area contributed by atoms with Crippen LogP contribution in [0, 0.1) is 0 Å². The van der Waals surface area contributed by atoms with Crippen LogP contribution < -0.4 is 0 Å². The van der Waals surface area contributed by atoms with Gasteiger partial charge in [-0.05, 0) is 56.9 Å². The van der Waals surface area contributed by atoms with Gasteiger partial charge in [0.15, 0.2) is 17.5 Å². The summed E-state index contributed by atoms with van der Waals surface area (Å²) < 4.78 is 8.73. The molecule has 3 aromatic heterocycles. The Hall–Kier alpha value is -6.69. The predicted octanol–water partition coefficient (Wildman–Crippen LogP) is 13.1. The summed E-state index contributed by atoms with van der Waals surface area (Å²) in [6.45, 7) is 0. The lowest BCUT2D eigenvalue weighted by atomic mass is 9.93. The number of hydrogen-bond acceptors (Lipinski definition) is 5. The minimum absolute atomic E-state index is 0.610. The molecule has 0 fully saturated rings. The second kappa shape index (κ2) is 11.4. The van der Waals surface area contributed by atoms with Crippen LogP contribution in [-0.2, 0) is 0 Å². The molecular formula is C47H27N3OS. The summed E-state index contributed by atoms with van der Waals surface area (Å²) >= 11 is 1.79. The molecular weight excluding hydrogens is 655 g/mol. The number of hydrogen-bond donors (Lipinski definition) is 0. The van der Waals surface area contributed by atoms with Crippen LogP contribution in [0.5, 0.6) is 0 Å². The van der Waals surface area contributed by atoms with E-state index in [0.717, 1.165) is 49.6 Å². The summed E-state index contributed by atoms with van der Waals surface area (Å²) in [5.41, 5.74) is 6.81. The predicted molar refractivity (Wildman–Crippen MR) is 217 cm³/mol. The van der Waals surface area contributed by atoms with Gasteiger partial charge in [0.05, 0.1) is 0 Å². The minimum Gasteiger partial charge on any atom is -0.456 e. The van der Waals surface area contributed by atoms with E-state index in [1.165, 1.54) is 41.9 Å². The zero-order valence-electron chi connectivity index (χ0n) is 27.7. The molecule has 5 heteroatoms. The van der Waals surface area contributed by atoms with Gasteiger partial charge in [0.2, 0.25) is 0 Å². The van der Waals surface area contributed by atoms with E-state index in [2.05, 4.69) is 133 Å². The van der Waals surface area contributed by atoms with E-state index >= 15 is 0 Å². The third kappa shape index (κ3) is 4.50. The zero-order chi connectivity index (χ0) is 34.2. The molecule has 0 amide bonds. The van der Waals surface area contributed by atoms with Crippen LogP contribution in [0.1, 0.15) is 0 Å². The maximum atomic E-state index is 6.28. The Morgan fingerprint density at radius 2 is 0.923 bits per heavy atom. The van der Waals surface area contributed by atoms with Gasteiger partial charge in [-0.1, -0.05) is 140 Å². The molecule has 52 heavy (non-hydrogen) atoms. The fraction of sp³-hybridized carbons (Fsp3) is 0. The van der Waals surface area contributed by atoms with Crippen molar-refractivity contribution in [3.8, 4) is 45.3 Å². The van der Waals surface area contributed by atoms with Crippen molar-refractivity contribution in [2.75, 3.05) is 0 Å². The summed E-state index contributed by atoms with van der Waals surface area (Å²) in [5.74, 6) is 1.87. The Bertz CT molecular complexity index is 3060. The van der Waals surface area contributed by atoms with Crippen LogP contribution in [0.3, 0.4) is 0 Å². The molecule has 0 N–H and O–H groups in total. The number of aromatic nitrogens is 3. The van der Waals surface area contributed by atoms with Gasteiger partial charge in [0.25, 0.3) is 0 Å². The quantitative estimate of drug-likeness (QED) is 0.174. The van der Waals surface area contributed by atoms with Crippen molar-refractivity contribution < 1.29 is 4.42 Å². The van der Waals surface area contributed by atoms with Crippen molar-refractivity contribution in [3.05, 3.63) is 164 Å². The molecule has 0 spiro atoms. The highest BCUT2D eigenvalue weighted by Gasteiger charge is 2.20. The van der Waals surface area contributed by atoms with Gasteiger partial charge >= 0.3 is 0 Å². The molecule has 0 aliphatic rings. The largest absolute Gasteiger partial charge is 0.456 e. The van der Waals surface area contributed by atoms with Crippen molar-refractivity contribution in [1.29, 1.82) is 0 Å². The maximum Gasteiger partial charge on any atom is 0.164 e. The molecule has 0 saturated heterocycles. The molecule has 3 heterocycles. The average Bonchev–Trinajstić information content (AvgIpc) is 3.79. The van der Waals surface area contributed by atoms with Crippen LogP contribution in [0.2, 0.25) is 0 Å². The van der Waals surface area contributed by atoms with E-state index in [1.54, 1.807) is 11.3 Å². The lowest BCUT2D eigenvalue weighted by Crippen LogP contribution is -2.00. The molecule has 11 rings (SSSR count). The lowest BCUT2D eigenvalue weighted by molar-refractivity contribution is 0.669. The van der Waals surface area contributed by atoms with Gasteiger partial charge in [-0.2, -0.15) is 0 Å². The number of nitrogens with zero attached hydrogens (tertiary/aromatic N) is 3. The molecule has 0 aliphatic carbocycles. The normalized spacial score (nSPS) is 11.8. The van der Waals surface area contributed by atoms with Crippen molar-refractivity contribution in [3.63, 3.8) is 0 Å². The molecule has 4 nitrogen and oxygen atoms in total. The number of fused-ring (bicyclic) bond motifs is 9. The van der Waals surface area contributed by atoms with Gasteiger partial charge in [-0.25, -0.2) is 15.0 Å². The van der Waals surface area contributed by atoms with E-state index in [4.69, 9.17) is 19.4 Å². The number of para-hydroxylation sites is 1. The van der Waals surface area contributed by atoms with E-state index < -0.39 is 0 Å². The summed E-state index contributed by atoms with van der Waals surface area (Å²) in [4.78, 5) is 15.7. The summed E-state index contributed by atoms with van der Waals surface area (Å²) in [6, 6.07) is 57.4. The lowest BCUT2D eigenvalue weighted by Gasteiger charge is -2.12. The maximum absolute atomic E-state index is 6.28. The monoisotopic (exact) mass is 681 g/mol. The summed E-state index contributed by atoms with van der Waals surface area (Å²) in [7, 11) is 0. The SMILES string of the molecule is c1ccc2c(c1)ccc1cccc(-c3ccc(-c4nc(-c5cccc6oc7ccccc7c56)nc(-c5cccc6sc7ccccc7c56)n4)cc3)c12. The molecule has 0 atom stereocenters. The highest BCUT2D eigenvalue weighted by atomic mass is 32.1. The highest BCUT2D eigenvalue weighted by Crippen LogP contribution is 2.41. The van der Waals surface area contributed by atoms with E-state index in [0.29, 0.717) is 17.5 Å². The van der Waals surface area contributed by atoms with Crippen LogP contribution in [0.25, 0.3) is 109 Å². The number of rotatable bonds is 4. The first-order chi connectivity index (χ1) is 25.8. The number of thiophene rings is 1.